The Kier molecular flexibility index (Phi) is 5.95. The minimum Gasteiger partial charge on any atom is -0.488 e. The van der Waals surface area contributed by atoms with E-state index in [0.29, 0.717) is 48.5 Å². The van der Waals surface area contributed by atoms with E-state index in [-0.39, 0.29) is 17.6 Å². The number of pyridine rings is 2. The number of nitriles is 1. The largest absolute Gasteiger partial charge is 0.488 e. The topological polar surface area (TPSA) is 62.0 Å². The standard InChI is InChI=1S/C23H18F4N4O/c24-16-3-1-15(2-4-16)20-11-17(13-28)30-14-21(20)32-19-6-9-31(10-7-19)18-5-8-29-22(12-18)23(25,26)27/h1-5,8,11-12,14,19H,6-7,9-10H2. The molecule has 1 saturated heterocycles. The third kappa shape index (κ3) is 4.80. The van der Waals surface area contributed by atoms with Gasteiger partial charge >= 0.3 is 6.18 Å². The molecule has 1 aliphatic heterocycles. The quantitative estimate of drug-likeness (QED) is 0.519. The van der Waals surface area contributed by atoms with Gasteiger partial charge in [0.15, 0.2) is 0 Å². The highest BCUT2D eigenvalue weighted by atomic mass is 19.4. The van der Waals surface area contributed by atoms with E-state index in [2.05, 4.69) is 9.97 Å². The third-order valence-corrected chi connectivity index (χ3v) is 5.27. The van der Waals surface area contributed by atoms with Crippen LogP contribution in [0.3, 0.4) is 0 Å². The van der Waals surface area contributed by atoms with Gasteiger partial charge in [-0.2, -0.15) is 18.4 Å². The van der Waals surface area contributed by atoms with E-state index in [0.717, 1.165) is 12.3 Å². The highest BCUT2D eigenvalue weighted by Gasteiger charge is 2.33. The zero-order chi connectivity index (χ0) is 22.7. The van der Waals surface area contributed by atoms with Crippen molar-refractivity contribution in [2.24, 2.45) is 0 Å². The molecule has 9 heteroatoms. The van der Waals surface area contributed by atoms with Crippen molar-refractivity contribution >= 4 is 5.69 Å². The summed E-state index contributed by atoms with van der Waals surface area (Å²) in [5.41, 5.74) is 1.08. The summed E-state index contributed by atoms with van der Waals surface area (Å²) in [5, 5.41) is 9.18. The zero-order valence-electron chi connectivity index (χ0n) is 16.8. The lowest BCUT2D eigenvalue weighted by Crippen LogP contribution is -2.38. The molecule has 164 valence electrons. The van der Waals surface area contributed by atoms with Crippen molar-refractivity contribution in [1.82, 2.24) is 9.97 Å². The Labute approximate surface area is 181 Å². The van der Waals surface area contributed by atoms with Crippen LogP contribution in [0, 0.1) is 17.1 Å². The summed E-state index contributed by atoms with van der Waals surface area (Å²) in [5.74, 6) is 0.0975. The Bertz CT molecular complexity index is 1130. The van der Waals surface area contributed by atoms with Crippen molar-refractivity contribution in [2.75, 3.05) is 18.0 Å². The molecular weight excluding hydrogens is 424 g/mol. The van der Waals surface area contributed by atoms with Crippen molar-refractivity contribution < 1.29 is 22.3 Å². The molecule has 1 aromatic carbocycles. The van der Waals surface area contributed by atoms with Gasteiger partial charge in [-0.25, -0.2) is 9.37 Å². The number of piperidine rings is 1. The van der Waals surface area contributed by atoms with Gasteiger partial charge in [0.1, 0.15) is 35.1 Å². The lowest BCUT2D eigenvalue weighted by Gasteiger charge is -2.34. The number of hydrogen-bond donors (Lipinski definition) is 0. The van der Waals surface area contributed by atoms with Gasteiger partial charge in [0, 0.05) is 43.4 Å². The minimum absolute atomic E-state index is 0.177. The van der Waals surface area contributed by atoms with Crippen molar-refractivity contribution in [1.29, 1.82) is 5.26 Å². The van der Waals surface area contributed by atoms with Crippen LogP contribution in [0.1, 0.15) is 24.2 Å². The normalized spacial score (nSPS) is 14.8. The SMILES string of the molecule is N#Cc1cc(-c2ccc(F)cc2)c(OC2CCN(c3ccnc(C(F)(F)F)c3)CC2)cn1. The fraction of sp³-hybridized carbons (Fsp3) is 0.261. The number of halogens is 4. The van der Waals surface area contributed by atoms with Crippen molar-refractivity contribution in [3.63, 3.8) is 0 Å². The van der Waals surface area contributed by atoms with Crippen molar-refractivity contribution in [3.8, 4) is 22.9 Å². The van der Waals surface area contributed by atoms with Crippen LogP contribution in [-0.4, -0.2) is 29.2 Å². The van der Waals surface area contributed by atoms with Crippen LogP contribution in [0.5, 0.6) is 5.75 Å². The molecule has 5 nitrogen and oxygen atoms in total. The van der Waals surface area contributed by atoms with Gasteiger partial charge in [0.25, 0.3) is 0 Å². The molecule has 0 amide bonds. The number of aromatic nitrogens is 2. The molecule has 3 aromatic rings. The van der Waals surface area contributed by atoms with E-state index in [1.165, 1.54) is 18.3 Å². The van der Waals surface area contributed by atoms with Crippen LogP contribution in [0.25, 0.3) is 11.1 Å². The van der Waals surface area contributed by atoms with E-state index < -0.39 is 11.9 Å². The summed E-state index contributed by atoms with van der Waals surface area (Å²) < 4.78 is 58.3. The second-order valence-corrected chi connectivity index (χ2v) is 7.39. The first-order chi connectivity index (χ1) is 15.3. The molecule has 32 heavy (non-hydrogen) atoms. The molecule has 0 unspecified atom stereocenters. The molecule has 0 radical (unpaired) electrons. The number of nitrogens with zero attached hydrogens (tertiary/aromatic N) is 4. The summed E-state index contributed by atoms with van der Waals surface area (Å²) in [6.45, 7) is 1.03. The second kappa shape index (κ2) is 8.83. The second-order valence-electron chi connectivity index (χ2n) is 7.39. The van der Waals surface area contributed by atoms with Crippen LogP contribution in [0.4, 0.5) is 23.2 Å². The molecule has 3 heterocycles. The smallest absolute Gasteiger partial charge is 0.433 e. The van der Waals surface area contributed by atoms with E-state index >= 15 is 0 Å². The van der Waals surface area contributed by atoms with E-state index in [9.17, 15) is 22.8 Å². The molecule has 0 bridgehead atoms. The fourth-order valence-corrected chi connectivity index (χ4v) is 3.64. The van der Waals surface area contributed by atoms with Crippen LogP contribution >= 0.6 is 0 Å². The van der Waals surface area contributed by atoms with Crippen LogP contribution < -0.4 is 9.64 Å². The maximum atomic E-state index is 13.3. The van der Waals surface area contributed by atoms with Gasteiger partial charge < -0.3 is 9.64 Å². The van der Waals surface area contributed by atoms with E-state index in [1.807, 2.05) is 11.0 Å². The Hall–Kier alpha value is -3.67. The molecule has 0 aliphatic carbocycles. The molecule has 1 fully saturated rings. The first-order valence-corrected chi connectivity index (χ1v) is 9.94. The van der Waals surface area contributed by atoms with E-state index in [4.69, 9.17) is 4.74 Å². The number of anilines is 1. The number of benzene rings is 1. The molecule has 0 saturated carbocycles. The van der Waals surface area contributed by atoms with Gasteiger partial charge in [-0.15, -0.1) is 0 Å². The molecule has 1 aliphatic rings. The van der Waals surface area contributed by atoms with Crippen molar-refractivity contribution in [2.45, 2.75) is 25.1 Å². The Morgan fingerprint density at radius 2 is 1.75 bits per heavy atom. The summed E-state index contributed by atoms with van der Waals surface area (Å²) >= 11 is 0. The molecule has 0 N–H and O–H groups in total. The summed E-state index contributed by atoms with van der Waals surface area (Å²) in [4.78, 5) is 9.35. The highest BCUT2D eigenvalue weighted by molar-refractivity contribution is 5.71. The van der Waals surface area contributed by atoms with Gasteiger partial charge in [-0.05, 0) is 35.9 Å². The minimum atomic E-state index is -4.49. The lowest BCUT2D eigenvalue weighted by atomic mass is 10.0. The molecule has 2 aromatic heterocycles. The third-order valence-electron chi connectivity index (χ3n) is 5.27. The van der Waals surface area contributed by atoms with Gasteiger partial charge in [-0.3, -0.25) is 4.98 Å². The first kappa shape index (κ1) is 21.6. The number of rotatable bonds is 4. The average molecular weight is 442 g/mol. The van der Waals surface area contributed by atoms with E-state index in [1.54, 1.807) is 24.3 Å². The maximum Gasteiger partial charge on any atom is 0.433 e. The fourth-order valence-electron chi connectivity index (χ4n) is 3.64. The molecule has 0 atom stereocenters. The summed E-state index contributed by atoms with van der Waals surface area (Å²) in [6.07, 6.45) is -0.847. The van der Waals surface area contributed by atoms with Gasteiger partial charge in [-0.1, -0.05) is 12.1 Å². The molecule has 4 rings (SSSR count). The number of ether oxygens (including phenoxy) is 1. The lowest BCUT2D eigenvalue weighted by molar-refractivity contribution is -0.141. The van der Waals surface area contributed by atoms with Crippen molar-refractivity contribution in [3.05, 3.63) is 72.1 Å². The summed E-state index contributed by atoms with van der Waals surface area (Å²) in [6, 6.07) is 12.0. The van der Waals surface area contributed by atoms with Crippen LogP contribution in [0.15, 0.2) is 54.9 Å². The predicted molar refractivity (Wildman–Crippen MR) is 109 cm³/mol. The maximum absolute atomic E-state index is 13.3. The van der Waals surface area contributed by atoms with Gasteiger partial charge in [0.2, 0.25) is 0 Å². The highest BCUT2D eigenvalue weighted by Crippen LogP contribution is 2.34. The Morgan fingerprint density at radius 1 is 1.03 bits per heavy atom. The summed E-state index contributed by atoms with van der Waals surface area (Å²) in [7, 11) is 0. The number of hydrogen-bond acceptors (Lipinski definition) is 5. The molecular formula is C23H18F4N4O. The predicted octanol–water partition coefficient (Wildman–Crippen LogP) is 5.22. The van der Waals surface area contributed by atoms with Gasteiger partial charge in [0.05, 0.1) is 6.20 Å². The Morgan fingerprint density at radius 3 is 2.41 bits per heavy atom. The number of alkyl halides is 3. The molecule has 0 spiro atoms. The Balaban J connectivity index is 1.48. The monoisotopic (exact) mass is 442 g/mol. The first-order valence-electron chi connectivity index (χ1n) is 9.94. The zero-order valence-corrected chi connectivity index (χ0v) is 16.8. The van der Waals surface area contributed by atoms with Crippen LogP contribution in [-0.2, 0) is 6.18 Å². The van der Waals surface area contributed by atoms with Crippen LogP contribution in [0.2, 0.25) is 0 Å². The average Bonchev–Trinajstić information content (AvgIpc) is 2.80.